The van der Waals surface area contributed by atoms with Gasteiger partial charge in [-0.2, -0.15) is 0 Å². The van der Waals surface area contributed by atoms with Crippen LogP contribution in [-0.2, 0) is 13.6 Å². The summed E-state index contributed by atoms with van der Waals surface area (Å²) in [6.45, 7) is 3.87. The quantitative estimate of drug-likeness (QED) is 0.168. The molecular weight excluding hydrogens is 521 g/mol. The minimum absolute atomic E-state index is 0.168. The number of nitrogens with one attached hydrogen (secondary N) is 1. The lowest BCUT2D eigenvalue weighted by molar-refractivity contribution is 0.212. The Morgan fingerprint density at radius 1 is 0.795 bits per heavy atom. The molecule has 0 aliphatic carbocycles. The van der Waals surface area contributed by atoms with Gasteiger partial charge in [0, 0.05) is 17.0 Å². The first kappa shape index (κ1) is 28.4. The van der Waals surface area contributed by atoms with Gasteiger partial charge in [0.05, 0.1) is 47.3 Å². The van der Waals surface area contributed by atoms with Gasteiger partial charge in [-0.1, -0.05) is 24.3 Å². The molecule has 0 saturated carbocycles. The number of anilines is 1. The molecule has 1 N–H and O–H groups in total. The van der Waals surface area contributed by atoms with Crippen LogP contribution in [0.15, 0.2) is 65.1 Å². The average Bonchev–Trinajstić information content (AvgIpc) is 3.33. The average molecular weight is 556 g/mol. The monoisotopic (exact) mass is 555 g/mol. The Hall–Kier alpha value is -3.65. The van der Waals surface area contributed by atoms with Crippen LogP contribution in [0.1, 0.15) is 25.4 Å². The van der Waals surface area contributed by atoms with Crippen LogP contribution in [0.25, 0.3) is 22.1 Å². The van der Waals surface area contributed by atoms with Crippen molar-refractivity contribution in [2.45, 2.75) is 19.6 Å². The summed E-state index contributed by atoms with van der Waals surface area (Å²) in [6, 6.07) is 18.5. The van der Waals surface area contributed by atoms with Gasteiger partial charge in [-0.05, 0) is 49.7 Å². The Bertz CT molecular complexity index is 1440. The molecule has 39 heavy (non-hydrogen) atoms. The molecule has 4 aromatic rings. The van der Waals surface area contributed by atoms with Gasteiger partial charge in [-0.25, -0.2) is 0 Å². The highest BCUT2D eigenvalue weighted by atomic mass is 31.2. The van der Waals surface area contributed by atoms with Gasteiger partial charge in [0.2, 0.25) is 0 Å². The number of rotatable bonds is 13. The molecule has 0 amide bonds. The third-order valence-electron chi connectivity index (χ3n) is 6.18. The topological polar surface area (TPSA) is 97.6 Å². The molecule has 3 aromatic carbocycles. The van der Waals surface area contributed by atoms with E-state index in [1.54, 1.807) is 48.4 Å². The van der Waals surface area contributed by atoms with Crippen LogP contribution in [0.4, 0.5) is 5.69 Å². The number of hydrogen-bond acceptors (Lipinski definition) is 9. The zero-order valence-electron chi connectivity index (χ0n) is 23.0. The minimum atomic E-state index is -3.85. The third-order valence-corrected chi connectivity index (χ3v) is 8.41. The van der Waals surface area contributed by atoms with Crippen molar-refractivity contribution in [1.29, 1.82) is 0 Å². The third kappa shape index (κ3) is 5.71. The van der Waals surface area contributed by atoms with Gasteiger partial charge in [0.15, 0.2) is 17.3 Å². The fourth-order valence-corrected chi connectivity index (χ4v) is 6.29. The van der Waals surface area contributed by atoms with Crippen LogP contribution < -0.4 is 24.3 Å². The van der Waals surface area contributed by atoms with Crippen molar-refractivity contribution in [1.82, 2.24) is 0 Å². The van der Waals surface area contributed by atoms with E-state index in [0.717, 1.165) is 10.9 Å². The van der Waals surface area contributed by atoms with Crippen LogP contribution in [0, 0.1) is 0 Å². The van der Waals surface area contributed by atoms with Crippen molar-refractivity contribution in [3.8, 4) is 34.1 Å². The SMILES string of the molecule is CCOP(=O)(OCC)C(Nc1ccccc1OC)c1oc2cc(OC)c(OC)cc2c1-c1ccc(OC)cc1. The summed E-state index contributed by atoms with van der Waals surface area (Å²) in [5.74, 6) is 1.62. The first-order chi connectivity index (χ1) is 18.9. The van der Waals surface area contributed by atoms with Gasteiger partial charge in [-0.15, -0.1) is 0 Å². The second-order valence-electron chi connectivity index (χ2n) is 8.40. The number of fused-ring (bicyclic) bond motifs is 1. The Labute approximate surface area is 228 Å². The van der Waals surface area contributed by atoms with E-state index in [9.17, 15) is 4.57 Å². The van der Waals surface area contributed by atoms with Crippen LogP contribution in [0.2, 0.25) is 0 Å². The lowest BCUT2D eigenvalue weighted by atomic mass is 10.0. The molecule has 4 rings (SSSR count). The molecule has 0 aliphatic heterocycles. The van der Waals surface area contributed by atoms with E-state index < -0.39 is 13.4 Å². The Morgan fingerprint density at radius 2 is 1.41 bits per heavy atom. The van der Waals surface area contributed by atoms with E-state index in [0.29, 0.717) is 45.6 Å². The molecule has 1 aromatic heterocycles. The smallest absolute Gasteiger partial charge is 0.360 e. The van der Waals surface area contributed by atoms with E-state index in [1.165, 1.54) is 0 Å². The standard InChI is InChI=1S/C29H34NO8P/c1-7-36-39(31,37-8-2)29(30-22-11-9-10-12-23(22)33-4)28-27(19-13-15-20(32-3)16-14-19)21-17-25(34-5)26(35-6)18-24(21)38-28/h9-18,29-30H,7-8H2,1-6H3. The van der Waals surface area contributed by atoms with Crippen molar-refractivity contribution in [2.75, 3.05) is 47.0 Å². The number of benzene rings is 3. The highest BCUT2D eigenvalue weighted by Gasteiger charge is 2.42. The Kier molecular flexibility index (Phi) is 9.07. The van der Waals surface area contributed by atoms with E-state index >= 15 is 0 Å². The van der Waals surface area contributed by atoms with Gasteiger partial charge in [0.1, 0.15) is 22.8 Å². The molecule has 1 unspecified atom stereocenters. The van der Waals surface area contributed by atoms with Gasteiger partial charge in [-0.3, -0.25) is 4.57 Å². The number of methoxy groups -OCH3 is 4. The predicted molar refractivity (Wildman–Crippen MR) is 152 cm³/mol. The normalized spacial score (nSPS) is 12.3. The van der Waals surface area contributed by atoms with Gasteiger partial charge < -0.3 is 37.7 Å². The van der Waals surface area contributed by atoms with Crippen LogP contribution >= 0.6 is 7.60 Å². The second kappa shape index (κ2) is 12.5. The molecule has 9 nitrogen and oxygen atoms in total. The van der Waals surface area contributed by atoms with Gasteiger partial charge >= 0.3 is 7.60 Å². The van der Waals surface area contributed by atoms with Crippen molar-refractivity contribution in [2.24, 2.45) is 0 Å². The largest absolute Gasteiger partial charge is 0.497 e. The van der Waals surface area contributed by atoms with E-state index in [-0.39, 0.29) is 13.2 Å². The molecule has 1 heterocycles. The molecular formula is C29H34NO8P. The van der Waals surface area contributed by atoms with Crippen LogP contribution in [0.5, 0.6) is 23.0 Å². The second-order valence-corrected chi connectivity index (χ2v) is 10.5. The number of furan rings is 1. The molecule has 0 bridgehead atoms. The van der Waals surface area contributed by atoms with E-state index in [1.807, 2.05) is 54.6 Å². The summed E-state index contributed by atoms with van der Waals surface area (Å²) in [5, 5.41) is 4.09. The van der Waals surface area contributed by atoms with Crippen molar-refractivity contribution >= 4 is 24.3 Å². The zero-order chi connectivity index (χ0) is 28.0. The van der Waals surface area contributed by atoms with Crippen LogP contribution in [0.3, 0.4) is 0 Å². The molecule has 0 spiro atoms. The maximum absolute atomic E-state index is 14.4. The summed E-state index contributed by atoms with van der Waals surface area (Å²) < 4.78 is 54.7. The number of para-hydroxylation sites is 2. The predicted octanol–water partition coefficient (Wildman–Crippen LogP) is 7.51. The first-order valence-corrected chi connectivity index (χ1v) is 14.1. The highest BCUT2D eigenvalue weighted by Crippen LogP contribution is 2.63. The summed E-state index contributed by atoms with van der Waals surface area (Å²) >= 11 is 0. The first-order valence-electron chi connectivity index (χ1n) is 12.5. The summed E-state index contributed by atoms with van der Waals surface area (Å²) in [4.78, 5) is 0. The van der Waals surface area contributed by atoms with Crippen molar-refractivity contribution in [3.63, 3.8) is 0 Å². The lowest BCUT2D eigenvalue weighted by Crippen LogP contribution is -2.16. The number of hydrogen-bond donors (Lipinski definition) is 1. The Balaban J connectivity index is 2.04. The zero-order valence-corrected chi connectivity index (χ0v) is 23.9. The fraction of sp³-hybridized carbons (Fsp3) is 0.310. The molecule has 1 atom stereocenters. The highest BCUT2D eigenvalue weighted by molar-refractivity contribution is 7.54. The van der Waals surface area contributed by atoms with E-state index in [2.05, 4.69) is 5.32 Å². The molecule has 0 radical (unpaired) electrons. The fourth-order valence-electron chi connectivity index (χ4n) is 4.44. The summed E-state index contributed by atoms with van der Waals surface area (Å²) in [5.41, 5.74) is 2.62. The molecule has 0 saturated heterocycles. The Morgan fingerprint density at radius 3 is 2.00 bits per heavy atom. The molecule has 10 heteroatoms. The van der Waals surface area contributed by atoms with Crippen molar-refractivity contribution < 1.29 is 37.0 Å². The minimum Gasteiger partial charge on any atom is -0.497 e. The lowest BCUT2D eigenvalue weighted by Gasteiger charge is -2.28. The summed E-state index contributed by atoms with van der Waals surface area (Å²) in [7, 11) is 2.46. The van der Waals surface area contributed by atoms with Crippen molar-refractivity contribution in [3.05, 3.63) is 66.4 Å². The van der Waals surface area contributed by atoms with E-state index in [4.69, 9.17) is 32.4 Å². The number of ether oxygens (including phenoxy) is 4. The molecule has 208 valence electrons. The molecule has 0 aliphatic rings. The maximum atomic E-state index is 14.4. The maximum Gasteiger partial charge on any atom is 0.360 e. The van der Waals surface area contributed by atoms with Gasteiger partial charge in [0.25, 0.3) is 0 Å². The molecule has 0 fully saturated rings. The summed E-state index contributed by atoms with van der Waals surface area (Å²) in [6.07, 6.45) is 0. The van der Waals surface area contributed by atoms with Crippen LogP contribution in [-0.4, -0.2) is 41.7 Å².